The topological polar surface area (TPSA) is 110 Å². The third-order valence-electron chi connectivity index (χ3n) is 3.81. The van der Waals surface area contributed by atoms with Crippen molar-refractivity contribution in [3.05, 3.63) is 56.7 Å². The molecular formula is C17H21ClN4O4. The molecule has 1 aromatic heterocycles. The monoisotopic (exact) mass is 380 g/mol. The van der Waals surface area contributed by atoms with Gasteiger partial charge in [0.05, 0.1) is 6.54 Å². The molecular weight excluding hydrogens is 360 g/mol. The molecule has 0 bridgehead atoms. The summed E-state index contributed by atoms with van der Waals surface area (Å²) in [4.78, 5) is 40.2. The number of hydrogen-bond donors (Lipinski definition) is 2. The molecule has 0 aliphatic carbocycles. The number of carbonyl (C=O) groups is 1. The number of benzene rings is 1. The predicted molar refractivity (Wildman–Crippen MR) is 101 cm³/mol. The van der Waals surface area contributed by atoms with Crippen molar-refractivity contribution in [2.75, 3.05) is 36.8 Å². The lowest BCUT2D eigenvalue weighted by molar-refractivity contribution is -0.116. The van der Waals surface area contributed by atoms with Crippen molar-refractivity contribution < 1.29 is 9.53 Å². The molecule has 140 valence electrons. The zero-order chi connectivity index (χ0) is 19.1. The first-order chi connectivity index (χ1) is 12.5. The van der Waals surface area contributed by atoms with E-state index in [-0.39, 0.29) is 30.5 Å². The lowest BCUT2D eigenvalue weighted by Crippen LogP contribution is -2.42. The maximum Gasteiger partial charge on any atom is 0.330 e. The fraction of sp³-hybridized carbons (Fsp3) is 0.353. The number of aromatic nitrogens is 2. The van der Waals surface area contributed by atoms with Crippen molar-refractivity contribution >= 4 is 29.0 Å². The van der Waals surface area contributed by atoms with Gasteiger partial charge in [0.2, 0.25) is 5.91 Å². The number of aromatic amines is 1. The zero-order valence-corrected chi connectivity index (χ0v) is 15.2. The van der Waals surface area contributed by atoms with E-state index < -0.39 is 17.2 Å². The van der Waals surface area contributed by atoms with Crippen LogP contribution in [0.1, 0.15) is 12.0 Å². The van der Waals surface area contributed by atoms with E-state index in [0.29, 0.717) is 13.0 Å². The number of halogens is 1. The maximum atomic E-state index is 12.3. The van der Waals surface area contributed by atoms with Crippen LogP contribution in [0, 0.1) is 0 Å². The van der Waals surface area contributed by atoms with Gasteiger partial charge in [-0.1, -0.05) is 30.3 Å². The van der Waals surface area contributed by atoms with Gasteiger partial charge in [0.15, 0.2) is 5.69 Å². The van der Waals surface area contributed by atoms with Crippen molar-refractivity contribution in [2.24, 2.45) is 0 Å². The van der Waals surface area contributed by atoms with Crippen LogP contribution in [-0.2, 0) is 16.1 Å². The number of methoxy groups -OCH3 is 1. The van der Waals surface area contributed by atoms with E-state index in [2.05, 4.69) is 4.98 Å². The third-order valence-corrected chi connectivity index (χ3v) is 4.04. The number of ether oxygens (including phenoxy) is 1. The fourth-order valence-electron chi connectivity index (χ4n) is 2.56. The second-order valence-corrected chi connectivity index (χ2v) is 5.86. The molecule has 1 amide bonds. The maximum absolute atomic E-state index is 12.3. The Morgan fingerprint density at radius 3 is 2.62 bits per heavy atom. The summed E-state index contributed by atoms with van der Waals surface area (Å²) in [6, 6.07) is 9.17. The van der Waals surface area contributed by atoms with Gasteiger partial charge in [-0.2, -0.15) is 0 Å². The molecule has 0 fully saturated rings. The SMILES string of the molecule is COCCCN(C(=O)CCl)c1c(N)n(Cc2ccccc2)c(=O)[nH]c1=O. The summed E-state index contributed by atoms with van der Waals surface area (Å²) in [7, 11) is 1.54. The second-order valence-electron chi connectivity index (χ2n) is 5.59. The van der Waals surface area contributed by atoms with Crippen LogP contribution in [0.15, 0.2) is 39.9 Å². The van der Waals surface area contributed by atoms with Crippen LogP contribution in [0.25, 0.3) is 0 Å². The normalized spacial score (nSPS) is 10.7. The highest BCUT2D eigenvalue weighted by atomic mass is 35.5. The predicted octanol–water partition coefficient (Wildman–Crippen LogP) is 0.775. The van der Waals surface area contributed by atoms with E-state index in [1.165, 1.54) is 16.6 Å². The summed E-state index contributed by atoms with van der Waals surface area (Å²) < 4.78 is 6.20. The Labute approximate surface area is 155 Å². The molecule has 0 saturated heterocycles. The number of nitrogens with one attached hydrogen (secondary N) is 1. The largest absolute Gasteiger partial charge is 0.385 e. The molecule has 0 aliphatic rings. The molecule has 1 aromatic carbocycles. The highest BCUT2D eigenvalue weighted by molar-refractivity contribution is 6.29. The van der Waals surface area contributed by atoms with Gasteiger partial charge in [0.25, 0.3) is 5.56 Å². The molecule has 0 spiro atoms. The van der Waals surface area contributed by atoms with E-state index in [1.807, 2.05) is 30.3 Å². The number of nitrogens with zero attached hydrogens (tertiary/aromatic N) is 2. The number of anilines is 2. The Kier molecular flexibility index (Phi) is 6.99. The van der Waals surface area contributed by atoms with E-state index in [0.717, 1.165) is 5.56 Å². The minimum Gasteiger partial charge on any atom is -0.385 e. The van der Waals surface area contributed by atoms with E-state index in [4.69, 9.17) is 22.1 Å². The molecule has 2 aromatic rings. The quantitative estimate of drug-likeness (QED) is 0.519. The van der Waals surface area contributed by atoms with Crippen molar-refractivity contribution in [3.8, 4) is 0 Å². The Hall–Kier alpha value is -2.58. The van der Waals surface area contributed by atoms with Crippen LogP contribution in [0.3, 0.4) is 0 Å². The lowest BCUT2D eigenvalue weighted by atomic mass is 10.2. The molecule has 0 saturated carbocycles. The average Bonchev–Trinajstić information content (AvgIpc) is 2.64. The summed E-state index contributed by atoms with van der Waals surface area (Å²) in [5.74, 6) is -0.882. The smallest absolute Gasteiger partial charge is 0.330 e. The van der Waals surface area contributed by atoms with Crippen molar-refractivity contribution in [3.63, 3.8) is 0 Å². The number of H-pyrrole nitrogens is 1. The summed E-state index contributed by atoms with van der Waals surface area (Å²) >= 11 is 5.67. The van der Waals surface area contributed by atoms with Crippen LogP contribution in [-0.4, -0.2) is 41.6 Å². The molecule has 3 N–H and O–H groups in total. The summed E-state index contributed by atoms with van der Waals surface area (Å²) in [6.45, 7) is 0.750. The number of amides is 1. The minimum atomic E-state index is -0.729. The Morgan fingerprint density at radius 1 is 1.31 bits per heavy atom. The summed E-state index contributed by atoms with van der Waals surface area (Å²) in [5, 5.41) is 0. The first-order valence-corrected chi connectivity index (χ1v) is 8.54. The molecule has 1 heterocycles. The van der Waals surface area contributed by atoms with Gasteiger partial charge < -0.3 is 15.4 Å². The number of nitrogens with two attached hydrogens (primary N) is 1. The number of alkyl halides is 1. The second kappa shape index (κ2) is 9.21. The standard InChI is InChI=1S/C17H21ClN4O4/c1-26-9-5-8-21(13(23)10-18)14-15(19)22(17(25)20-16(14)24)11-12-6-3-2-4-7-12/h2-4,6-7H,5,8-11,19H2,1H3,(H,20,24,25). The van der Waals surface area contributed by atoms with E-state index in [9.17, 15) is 14.4 Å². The highest BCUT2D eigenvalue weighted by Gasteiger charge is 2.23. The van der Waals surface area contributed by atoms with Crippen molar-refractivity contribution in [1.82, 2.24) is 9.55 Å². The number of hydrogen-bond acceptors (Lipinski definition) is 5. The number of carbonyl (C=O) groups excluding carboxylic acids is 1. The van der Waals surface area contributed by atoms with Gasteiger partial charge in [-0.15, -0.1) is 11.6 Å². The van der Waals surface area contributed by atoms with E-state index >= 15 is 0 Å². The van der Waals surface area contributed by atoms with Crippen molar-refractivity contribution in [1.29, 1.82) is 0 Å². The van der Waals surface area contributed by atoms with Crippen LogP contribution >= 0.6 is 11.6 Å². The molecule has 2 rings (SSSR count). The van der Waals surface area contributed by atoms with Gasteiger partial charge in [-0.25, -0.2) is 4.79 Å². The third kappa shape index (κ3) is 4.53. The average molecular weight is 381 g/mol. The van der Waals surface area contributed by atoms with Gasteiger partial charge in [-0.3, -0.25) is 19.1 Å². The number of nitrogen functional groups attached to an aromatic ring is 1. The van der Waals surface area contributed by atoms with E-state index in [1.54, 1.807) is 0 Å². The van der Waals surface area contributed by atoms with Gasteiger partial charge >= 0.3 is 5.69 Å². The molecule has 8 nitrogen and oxygen atoms in total. The first kappa shape index (κ1) is 19.7. The molecule has 26 heavy (non-hydrogen) atoms. The zero-order valence-electron chi connectivity index (χ0n) is 14.4. The lowest BCUT2D eigenvalue weighted by Gasteiger charge is -2.23. The van der Waals surface area contributed by atoms with Crippen LogP contribution in [0.2, 0.25) is 0 Å². The highest BCUT2D eigenvalue weighted by Crippen LogP contribution is 2.18. The molecule has 0 atom stereocenters. The van der Waals surface area contributed by atoms with Crippen LogP contribution in [0.4, 0.5) is 11.5 Å². The van der Waals surface area contributed by atoms with Crippen molar-refractivity contribution in [2.45, 2.75) is 13.0 Å². The molecule has 9 heteroatoms. The van der Waals surface area contributed by atoms with Gasteiger partial charge in [0, 0.05) is 20.3 Å². The Balaban J connectivity index is 2.49. The minimum absolute atomic E-state index is 0.0812. The van der Waals surface area contributed by atoms with Gasteiger partial charge in [0.1, 0.15) is 11.7 Å². The Morgan fingerprint density at radius 2 is 2.00 bits per heavy atom. The van der Waals surface area contributed by atoms with Gasteiger partial charge in [-0.05, 0) is 12.0 Å². The number of rotatable bonds is 8. The Bertz CT molecular complexity index is 863. The fourth-order valence-corrected chi connectivity index (χ4v) is 2.71. The summed E-state index contributed by atoms with van der Waals surface area (Å²) in [5.41, 5.74) is 5.48. The molecule has 0 aliphatic heterocycles. The molecule has 0 unspecified atom stereocenters. The summed E-state index contributed by atoms with van der Waals surface area (Å²) in [6.07, 6.45) is 0.482. The van der Waals surface area contributed by atoms with Crippen LogP contribution < -0.4 is 21.9 Å². The first-order valence-electron chi connectivity index (χ1n) is 8.01. The van der Waals surface area contributed by atoms with Crippen LogP contribution in [0.5, 0.6) is 0 Å². The molecule has 0 radical (unpaired) electrons.